The first-order valence-corrected chi connectivity index (χ1v) is 8.60. The van der Waals surface area contributed by atoms with Gasteiger partial charge in [-0.25, -0.2) is 4.98 Å². The van der Waals surface area contributed by atoms with Crippen LogP contribution in [0.2, 0.25) is 0 Å². The predicted molar refractivity (Wildman–Crippen MR) is 92.9 cm³/mol. The summed E-state index contributed by atoms with van der Waals surface area (Å²) >= 11 is 0. The van der Waals surface area contributed by atoms with Crippen LogP contribution in [0.15, 0.2) is 23.3 Å². The van der Waals surface area contributed by atoms with Crippen LogP contribution < -0.4 is 15.5 Å². The van der Waals surface area contributed by atoms with Gasteiger partial charge in [-0.2, -0.15) is 0 Å². The largest absolute Gasteiger partial charge is 0.378 e. The quantitative estimate of drug-likeness (QED) is 0.651. The Balaban J connectivity index is 1.60. The molecule has 1 saturated heterocycles. The maximum absolute atomic E-state index is 5.44. The summed E-state index contributed by atoms with van der Waals surface area (Å²) in [7, 11) is 1.83. The molecule has 0 unspecified atom stereocenters. The molecule has 1 aromatic rings. The van der Waals surface area contributed by atoms with Gasteiger partial charge in [0.25, 0.3) is 0 Å². The molecule has 0 aromatic carbocycles. The number of anilines is 1. The molecule has 0 spiro atoms. The molecule has 6 nitrogen and oxygen atoms in total. The van der Waals surface area contributed by atoms with E-state index in [1.165, 1.54) is 31.2 Å². The van der Waals surface area contributed by atoms with Gasteiger partial charge >= 0.3 is 0 Å². The van der Waals surface area contributed by atoms with Gasteiger partial charge in [0.2, 0.25) is 0 Å². The number of aliphatic imine (C=N–C) groups is 1. The van der Waals surface area contributed by atoms with Gasteiger partial charge in [0, 0.05) is 44.5 Å². The van der Waals surface area contributed by atoms with Crippen LogP contribution in [0.1, 0.15) is 31.2 Å². The molecule has 1 aliphatic carbocycles. The molecule has 1 saturated carbocycles. The van der Waals surface area contributed by atoms with Crippen molar-refractivity contribution >= 4 is 11.8 Å². The van der Waals surface area contributed by atoms with Gasteiger partial charge in [-0.15, -0.1) is 0 Å². The van der Waals surface area contributed by atoms with Gasteiger partial charge < -0.3 is 20.3 Å². The maximum Gasteiger partial charge on any atom is 0.191 e. The zero-order valence-electron chi connectivity index (χ0n) is 13.9. The van der Waals surface area contributed by atoms with Gasteiger partial charge in [0.05, 0.1) is 13.2 Å². The van der Waals surface area contributed by atoms with Crippen molar-refractivity contribution in [1.82, 2.24) is 15.6 Å². The van der Waals surface area contributed by atoms with Crippen molar-refractivity contribution in [3.63, 3.8) is 0 Å². The second-order valence-corrected chi connectivity index (χ2v) is 6.14. The van der Waals surface area contributed by atoms with E-state index in [0.717, 1.165) is 44.6 Å². The van der Waals surface area contributed by atoms with E-state index in [1.54, 1.807) is 0 Å². The van der Waals surface area contributed by atoms with Gasteiger partial charge in [0.1, 0.15) is 5.82 Å². The molecular formula is C17H27N5O. The van der Waals surface area contributed by atoms with E-state index in [9.17, 15) is 0 Å². The number of guanidine groups is 1. The standard InChI is InChI=1S/C17H27N5O/c1-18-17(21-15-6-2-3-7-15)20-13-14-5-4-8-19-16(14)22-9-11-23-12-10-22/h4-5,8,15H,2-3,6-7,9-13H2,1H3,(H2,18,20,21). The number of nitrogens with one attached hydrogen (secondary N) is 2. The van der Waals surface area contributed by atoms with Crippen molar-refractivity contribution in [3.8, 4) is 0 Å². The number of ether oxygens (including phenoxy) is 1. The van der Waals surface area contributed by atoms with E-state index in [-0.39, 0.29) is 0 Å². The molecule has 126 valence electrons. The Labute approximate surface area is 138 Å². The lowest BCUT2D eigenvalue weighted by atomic mass is 10.2. The van der Waals surface area contributed by atoms with Crippen molar-refractivity contribution in [2.75, 3.05) is 38.3 Å². The average Bonchev–Trinajstić information content (AvgIpc) is 3.12. The zero-order chi connectivity index (χ0) is 15.9. The summed E-state index contributed by atoms with van der Waals surface area (Å²) < 4.78 is 5.44. The second kappa shape index (κ2) is 8.15. The normalized spacial score (nSPS) is 19.9. The minimum absolute atomic E-state index is 0.564. The molecule has 1 aliphatic heterocycles. The maximum atomic E-state index is 5.44. The number of rotatable bonds is 4. The average molecular weight is 317 g/mol. The van der Waals surface area contributed by atoms with Crippen molar-refractivity contribution in [3.05, 3.63) is 23.9 Å². The summed E-state index contributed by atoms with van der Waals surface area (Å²) in [5, 5.41) is 6.95. The Morgan fingerprint density at radius 3 is 2.87 bits per heavy atom. The van der Waals surface area contributed by atoms with Crippen LogP contribution in [0.3, 0.4) is 0 Å². The highest BCUT2D eigenvalue weighted by atomic mass is 16.5. The van der Waals surface area contributed by atoms with Crippen molar-refractivity contribution < 1.29 is 4.74 Å². The molecule has 2 fully saturated rings. The third-order valence-electron chi connectivity index (χ3n) is 4.54. The summed E-state index contributed by atoms with van der Waals surface area (Å²) in [5.41, 5.74) is 1.20. The molecule has 2 aliphatic rings. The number of morpholine rings is 1. The number of hydrogen-bond acceptors (Lipinski definition) is 4. The van der Waals surface area contributed by atoms with Crippen LogP contribution in [0, 0.1) is 0 Å². The first-order chi connectivity index (χ1) is 11.4. The summed E-state index contributed by atoms with van der Waals surface area (Å²) in [4.78, 5) is 11.2. The highest BCUT2D eigenvalue weighted by Gasteiger charge is 2.18. The molecule has 3 rings (SSSR count). The van der Waals surface area contributed by atoms with E-state index in [2.05, 4.69) is 31.6 Å². The van der Waals surface area contributed by atoms with Crippen LogP contribution in [0.25, 0.3) is 0 Å². The first kappa shape index (κ1) is 16.1. The van der Waals surface area contributed by atoms with Gasteiger partial charge in [-0.1, -0.05) is 18.9 Å². The first-order valence-electron chi connectivity index (χ1n) is 8.60. The molecule has 0 atom stereocenters. The van der Waals surface area contributed by atoms with Crippen molar-refractivity contribution in [2.24, 2.45) is 4.99 Å². The molecule has 6 heteroatoms. The molecule has 2 heterocycles. The third kappa shape index (κ3) is 4.34. The third-order valence-corrected chi connectivity index (χ3v) is 4.54. The minimum atomic E-state index is 0.564. The Morgan fingerprint density at radius 2 is 2.13 bits per heavy atom. The fourth-order valence-corrected chi connectivity index (χ4v) is 3.27. The van der Waals surface area contributed by atoms with Gasteiger partial charge in [-0.05, 0) is 18.9 Å². The summed E-state index contributed by atoms with van der Waals surface area (Å²) in [5.74, 6) is 1.94. The summed E-state index contributed by atoms with van der Waals surface area (Å²) in [6.45, 7) is 4.08. The van der Waals surface area contributed by atoms with Crippen molar-refractivity contribution in [2.45, 2.75) is 38.3 Å². The second-order valence-electron chi connectivity index (χ2n) is 6.14. The number of aromatic nitrogens is 1. The Morgan fingerprint density at radius 1 is 1.35 bits per heavy atom. The van der Waals surface area contributed by atoms with E-state index in [0.29, 0.717) is 6.04 Å². The molecule has 0 bridgehead atoms. The van der Waals surface area contributed by atoms with Gasteiger partial charge in [0.15, 0.2) is 5.96 Å². The lowest BCUT2D eigenvalue weighted by Crippen LogP contribution is -2.42. The highest BCUT2D eigenvalue weighted by molar-refractivity contribution is 5.80. The Hall–Kier alpha value is -1.82. The van der Waals surface area contributed by atoms with E-state index in [4.69, 9.17) is 4.74 Å². The van der Waals surface area contributed by atoms with E-state index >= 15 is 0 Å². The highest BCUT2D eigenvalue weighted by Crippen LogP contribution is 2.19. The Kier molecular flexibility index (Phi) is 5.69. The number of pyridine rings is 1. The fourth-order valence-electron chi connectivity index (χ4n) is 3.27. The van der Waals surface area contributed by atoms with Gasteiger partial charge in [-0.3, -0.25) is 4.99 Å². The van der Waals surface area contributed by atoms with E-state index in [1.807, 2.05) is 19.3 Å². The minimum Gasteiger partial charge on any atom is -0.378 e. The fraction of sp³-hybridized carbons (Fsp3) is 0.647. The summed E-state index contributed by atoms with van der Waals surface area (Å²) in [6, 6.07) is 4.69. The van der Waals surface area contributed by atoms with Crippen LogP contribution in [0.5, 0.6) is 0 Å². The smallest absolute Gasteiger partial charge is 0.191 e. The molecule has 0 amide bonds. The number of hydrogen-bond donors (Lipinski definition) is 2. The monoisotopic (exact) mass is 317 g/mol. The van der Waals surface area contributed by atoms with Crippen LogP contribution in [-0.2, 0) is 11.3 Å². The predicted octanol–water partition coefficient (Wildman–Crippen LogP) is 1.53. The lowest BCUT2D eigenvalue weighted by Gasteiger charge is -2.29. The lowest BCUT2D eigenvalue weighted by molar-refractivity contribution is 0.122. The molecule has 0 radical (unpaired) electrons. The van der Waals surface area contributed by atoms with Crippen molar-refractivity contribution in [1.29, 1.82) is 0 Å². The van der Waals surface area contributed by atoms with Crippen LogP contribution in [-0.4, -0.2) is 50.3 Å². The van der Waals surface area contributed by atoms with Crippen LogP contribution in [0.4, 0.5) is 5.82 Å². The molecule has 23 heavy (non-hydrogen) atoms. The van der Waals surface area contributed by atoms with E-state index < -0.39 is 0 Å². The Bertz CT molecular complexity index is 521. The molecular weight excluding hydrogens is 290 g/mol. The van der Waals surface area contributed by atoms with Crippen LogP contribution >= 0.6 is 0 Å². The zero-order valence-corrected chi connectivity index (χ0v) is 13.9. The molecule has 2 N–H and O–H groups in total. The SMILES string of the molecule is CN=C(NCc1cccnc1N1CCOCC1)NC1CCCC1. The summed E-state index contributed by atoms with van der Waals surface area (Å²) in [6.07, 6.45) is 6.98. The molecule has 1 aromatic heterocycles. The number of nitrogens with zero attached hydrogens (tertiary/aromatic N) is 3. The topological polar surface area (TPSA) is 61.8 Å².